The van der Waals surface area contributed by atoms with Crippen molar-refractivity contribution >= 4 is 17.3 Å². The molecule has 21 heavy (non-hydrogen) atoms. The van der Waals surface area contributed by atoms with Crippen LogP contribution in [0, 0.1) is 5.92 Å². The molecule has 0 heterocycles. The second-order valence-corrected chi connectivity index (χ2v) is 5.90. The second kappa shape index (κ2) is 10.0. The zero-order valence-corrected chi connectivity index (χ0v) is 14.5. The molecule has 0 bridgehead atoms. The SMILES string of the molecule is CCC(C)CN(CC)c1ccc(CNCCOC)c(Cl)c1. The normalized spacial score (nSPS) is 12.4. The van der Waals surface area contributed by atoms with Gasteiger partial charge in [-0.3, -0.25) is 0 Å². The van der Waals surface area contributed by atoms with E-state index in [0.29, 0.717) is 12.5 Å². The molecule has 0 aliphatic rings. The molecule has 0 spiro atoms. The van der Waals surface area contributed by atoms with Crippen LogP contribution in [0.5, 0.6) is 0 Å². The summed E-state index contributed by atoms with van der Waals surface area (Å²) < 4.78 is 5.02. The van der Waals surface area contributed by atoms with Crippen LogP contribution in [0.3, 0.4) is 0 Å². The highest BCUT2D eigenvalue weighted by atomic mass is 35.5. The molecule has 1 atom stereocenters. The van der Waals surface area contributed by atoms with Crippen molar-refractivity contribution in [2.45, 2.75) is 33.7 Å². The van der Waals surface area contributed by atoms with Gasteiger partial charge in [0.05, 0.1) is 6.61 Å². The van der Waals surface area contributed by atoms with E-state index in [1.807, 2.05) is 0 Å². The predicted octanol–water partition coefficient (Wildman–Crippen LogP) is 3.95. The molecule has 1 rings (SSSR count). The molecule has 0 aliphatic carbocycles. The van der Waals surface area contributed by atoms with Gasteiger partial charge in [-0.15, -0.1) is 0 Å². The maximum Gasteiger partial charge on any atom is 0.0587 e. The lowest BCUT2D eigenvalue weighted by Gasteiger charge is -2.26. The van der Waals surface area contributed by atoms with Crippen molar-refractivity contribution in [3.63, 3.8) is 0 Å². The van der Waals surface area contributed by atoms with Gasteiger partial charge in [0.25, 0.3) is 0 Å². The predicted molar refractivity (Wildman–Crippen MR) is 92.4 cm³/mol. The molecule has 3 nitrogen and oxygen atoms in total. The van der Waals surface area contributed by atoms with Crippen LogP contribution < -0.4 is 10.2 Å². The first-order chi connectivity index (χ1) is 10.1. The Morgan fingerprint density at radius 2 is 2.10 bits per heavy atom. The van der Waals surface area contributed by atoms with E-state index in [0.717, 1.165) is 36.8 Å². The first-order valence-corrected chi connectivity index (χ1v) is 8.23. The number of hydrogen-bond donors (Lipinski definition) is 1. The van der Waals surface area contributed by atoms with Gasteiger partial charge in [0.1, 0.15) is 0 Å². The second-order valence-electron chi connectivity index (χ2n) is 5.50. The largest absolute Gasteiger partial charge is 0.383 e. The Morgan fingerprint density at radius 3 is 2.67 bits per heavy atom. The van der Waals surface area contributed by atoms with E-state index in [9.17, 15) is 0 Å². The number of halogens is 1. The summed E-state index contributed by atoms with van der Waals surface area (Å²) in [5, 5.41) is 4.16. The van der Waals surface area contributed by atoms with Gasteiger partial charge >= 0.3 is 0 Å². The Bertz CT molecular complexity index is 412. The maximum atomic E-state index is 6.42. The van der Waals surface area contributed by atoms with E-state index < -0.39 is 0 Å². The lowest BCUT2D eigenvalue weighted by atomic mass is 10.1. The Morgan fingerprint density at radius 1 is 1.33 bits per heavy atom. The van der Waals surface area contributed by atoms with Crippen LogP contribution in [0.2, 0.25) is 5.02 Å². The molecular formula is C17H29ClN2O. The summed E-state index contributed by atoms with van der Waals surface area (Å²) in [7, 11) is 1.71. The van der Waals surface area contributed by atoms with Crippen molar-refractivity contribution < 1.29 is 4.74 Å². The monoisotopic (exact) mass is 312 g/mol. The molecule has 0 saturated heterocycles. The molecule has 1 unspecified atom stereocenters. The average Bonchev–Trinajstić information content (AvgIpc) is 2.50. The topological polar surface area (TPSA) is 24.5 Å². The number of ether oxygens (including phenoxy) is 1. The van der Waals surface area contributed by atoms with Crippen molar-refractivity contribution in [2.24, 2.45) is 5.92 Å². The van der Waals surface area contributed by atoms with E-state index in [1.165, 1.54) is 12.1 Å². The number of anilines is 1. The van der Waals surface area contributed by atoms with E-state index in [4.69, 9.17) is 16.3 Å². The third-order valence-electron chi connectivity index (χ3n) is 3.81. The first kappa shape index (κ1) is 18.3. The quantitative estimate of drug-likeness (QED) is 0.662. The van der Waals surface area contributed by atoms with Crippen LogP contribution in [-0.2, 0) is 11.3 Å². The van der Waals surface area contributed by atoms with Gasteiger partial charge in [-0.25, -0.2) is 0 Å². The zero-order valence-electron chi connectivity index (χ0n) is 13.8. The summed E-state index contributed by atoms with van der Waals surface area (Å²) in [5.41, 5.74) is 2.35. The highest BCUT2D eigenvalue weighted by Gasteiger charge is 2.10. The summed E-state index contributed by atoms with van der Waals surface area (Å²) in [4.78, 5) is 2.39. The molecule has 0 saturated carbocycles. The summed E-state index contributed by atoms with van der Waals surface area (Å²) in [6.45, 7) is 11.1. The van der Waals surface area contributed by atoms with E-state index in [-0.39, 0.29) is 0 Å². The lowest BCUT2D eigenvalue weighted by molar-refractivity contribution is 0.199. The van der Waals surface area contributed by atoms with E-state index >= 15 is 0 Å². The van der Waals surface area contributed by atoms with Crippen molar-refractivity contribution in [3.05, 3.63) is 28.8 Å². The number of rotatable bonds is 10. The highest BCUT2D eigenvalue weighted by molar-refractivity contribution is 6.31. The Kier molecular flexibility index (Phi) is 8.74. The third-order valence-corrected chi connectivity index (χ3v) is 4.16. The maximum absolute atomic E-state index is 6.42. The van der Waals surface area contributed by atoms with Gasteiger partial charge < -0.3 is 15.0 Å². The van der Waals surface area contributed by atoms with E-state index in [1.54, 1.807) is 7.11 Å². The van der Waals surface area contributed by atoms with Gasteiger partial charge in [0.2, 0.25) is 0 Å². The Balaban J connectivity index is 2.66. The van der Waals surface area contributed by atoms with Crippen molar-refractivity contribution in [1.82, 2.24) is 5.32 Å². The minimum absolute atomic E-state index is 0.694. The van der Waals surface area contributed by atoms with Gasteiger partial charge in [-0.1, -0.05) is 37.9 Å². The zero-order chi connectivity index (χ0) is 15.7. The number of nitrogens with one attached hydrogen (secondary N) is 1. The number of methoxy groups -OCH3 is 1. The molecule has 0 radical (unpaired) electrons. The fourth-order valence-corrected chi connectivity index (χ4v) is 2.44. The molecular weight excluding hydrogens is 284 g/mol. The van der Waals surface area contributed by atoms with Crippen molar-refractivity contribution in [1.29, 1.82) is 0 Å². The molecule has 120 valence electrons. The van der Waals surface area contributed by atoms with Gasteiger partial charge in [-0.2, -0.15) is 0 Å². The van der Waals surface area contributed by atoms with Crippen LogP contribution in [0.25, 0.3) is 0 Å². The summed E-state index contributed by atoms with van der Waals surface area (Å²) in [6, 6.07) is 6.38. The Labute approximate surface area is 134 Å². The molecule has 1 N–H and O–H groups in total. The first-order valence-electron chi connectivity index (χ1n) is 7.85. The van der Waals surface area contributed by atoms with Crippen LogP contribution in [0.15, 0.2) is 18.2 Å². The fraction of sp³-hybridized carbons (Fsp3) is 0.647. The molecule has 0 aromatic heterocycles. The van der Waals surface area contributed by atoms with Crippen molar-refractivity contribution in [2.75, 3.05) is 38.3 Å². The van der Waals surface area contributed by atoms with E-state index in [2.05, 4.69) is 49.2 Å². The minimum atomic E-state index is 0.694. The summed E-state index contributed by atoms with van der Waals surface area (Å²) in [6.07, 6.45) is 1.20. The highest BCUT2D eigenvalue weighted by Crippen LogP contribution is 2.24. The lowest BCUT2D eigenvalue weighted by Crippen LogP contribution is -2.28. The smallest absolute Gasteiger partial charge is 0.0587 e. The summed E-state index contributed by atoms with van der Waals surface area (Å²) in [5.74, 6) is 0.694. The van der Waals surface area contributed by atoms with Crippen LogP contribution in [0.1, 0.15) is 32.8 Å². The van der Waals surface area contributed by atoms with Gasteiger partial charge in [-0.05, 0) is 30.5 Å². The van der Waals surface area contributed by atoms with Gasteiger partial charge in [0.15, 0.2) is 0 Å². The molecule has 4 heteroatoms. The molecule has 0 aliphatic heterocycles. The molecule has 1 aromatic rings. The number of hydrogen-bond acceptors (Lipinski definition) is 3. The van der Waals surface area contributed by atoms with Crippen molar-refractivity contribution in [3.8, 4) is 0 Å². The average molecular weight is 313 g/mol. The fourth-order valence-electron chi connectivity index (χ4n) is 2.20. The van der Waals surface area contributed by atoms with Crippen LogP contribution in [0.4, 0.5) is 5.69 Å². The summed E-state index contributed by atoms with van der Waals surface area (Å²) >= 11 is 6.42. The minimum Gasteiger partial charge on any atom is -0.383 e. The molecule has 0 fully saturated rings. The van der Waals surface area contributed by atoms with Crippen LogP contribution >= 0.6 is 11.6 Å². The Hall–Kier alpha value is -0.770. The molecule has 0 amide bonds. The standard InChI is InChI=1S/C17H29ClN2O/c1-5-14(3)13-20(6-2)16-8-7-15(17(18)11-16)12-19-9-10-21-4/h7-8,11,14,19H,5-6,9-10,12-13H2,1-4H3. The van der Waals surface area contributed by atoms with Crippen LogP contribution in [-0.4, -0.2) is 33.4 Å². The number of benzene rings is 1. The van der Waals surface area contributed by atoms with Gasteiger partial charge in [0, 0.05) is 44.0 Å². The third kappa shape index (κ3) is 6.25. The number of nitrogens with zero attached hydrogens (tertiary/aromatic N) is 1. The molecule has 1 aromatic carbocycles.